The van der Waals surface area contributed by atoms with E-state index in [1.54, 1.807) is 24.4 Å². The van der Waals surface area contributed by atoms with Crippen molar-refractivity contribution < 1.29 is 27.6 Å². The summed E-state index contributed by atoms with van der Waals surface area (Å²) in [5.74, 6) is -0.350. The molecule has 3 aliphatic rings. The van der Waals surface area contributed by atoms with Crippen LogP contribution in [0.3, 0.4) is 0 Å². The highest BCUT2D eigenvalue weighted by molar-refractivity contribution is 7.90. The number of nitro benzene ring substituents is 1. The number of nitro groups is 1. The molecule has 1 aliphatic carbocycles. The lowest BCUT2D eigenvalue weighted by molar-refractivity contribution is -0.386. The number of ether oxygens (including phenoxy) is 2. The molecule has 1 saturated heterocycles. The number of anilines is 1. The smallest absolute Gasteiger partial charge is 0.277 e. The van der Waals surface area contributed by atoms with Crippen molar-refractivity contribution in [3.63, 3.8) is 0 Å². The minimum absolute atomic E-state index is 0.0211. The highest BCUT2D eigenvalue weighted by Gasteiger charge is 2.32. The Bertz CT molecular complexity index is 2550. The number of nitrogens with one attached hydrogen (secondary N) is 2. The molecule has 5 aromatic rings. The predicted octanol–water partition coefficient (Wildman–Crippen LogP) is 8.39. The molecule has 0 spiro atoms. The lowest BCUT2D eigenvalue weighted by Crippen LogP contribution is -2.47. The summed E-state index contributed by atoms with van der Waals surface area (Å²) in [5.41, 5.74) is 5.71. The number of sulfonamides is 1. The highest BCUT2D eigenvalue weighted by Crippen LogP contribution is 2.44. The molecular formula is C43H45ClN6O7S. The van der Waals surface area contributed by atoms with Crippen molar-refractivity contribution in [2.75, 3.05) is 44.2 Å². The molecule has 0 saturated carbocycles. The predicted molar refractivity (Wildman–Crippen MR) is 223 cm³/mol. The molecule has 8 rings (SSSR count). The number of halogens is 1. The van der Waals surface area contributed by atoms with E-state index >= 15 is 0 Å². The number of nitrogens with zero attached hydrogens (tertiary/aromatic N) is 4. The fraction of sp³-hybridized carbons (Fsp3) is 0.349. The third kappa shape index (κ3) is 8.40. The van der Waals surface area contributed by atoms with Crippen LogP contribution >= 0.6 is 11.6 Å². The van der Waals surface area contributed by atoms with Gasteiger partial charge in [-0.15, -0.1) is 0 Å². The maximum atomic E-state index is 13.9. The molecule has 0 unspecified atom stereocenters. The van der Waals surface area contributed by atoms with Gasteiger partial charge in [-0.25, -0.2) is 18.1 Å². The van der Waals surface area contributed by atoms with Gasteiger partial charge >= 0.3 is 0 Å². The van der Waals surface area contributed by atoms with Crippen LogP contribution in [0, 0.1) is 21.4 Å². The van der Waals surface area contributed by atoms with Crippen molar-refractivity contribution in [1.29, 1.82) is 0 Å². The molecule has 1 amide bonds. The van der Waals surface area contributed by atoms with E-state index in [-0.39, 0.29) is 40.7 Å². The summed E-state index contributed by atoms with van der Waals surface area (Å²) in [5, 5.41) is 13.5. The number of aromatic amines is 1. The first-order valence-electron chi connectivity index (χ1n) is 19.4. The molecule has 2 aliphatic heterocycles. The third-order valence-corrected chi connectivity index (χ3v) is 12.9. The van der Waals surface area contributed by atoms with Crippen molar-refractivity contribution in [2.24, 2.45) is 11.3 Å². The van der Waals surface area contributed by atoms with Crippen LogP contribution in [0.25, 0.3) is 16.6 Å². The Morgan fingerprint density at radius 2 is 1.86 bits per heavy atom. The van der Waals surface area contributed by atoms with Gasteiger partial charge in [-0.3, -0.25) is 19.8 Å². The van der Waals surface area contributed by atoms with Crippen LogP contribution in [0.2, 0.25) is 5.02 Å². The quantitative estimate of drug-likeness (QED) is 0.103. The molecule has 2 aromatic heterocycles. The molecule has 58 heavy (non-hydrogen) atoms. The molecule has 302 valence electrons. The number of carbonyl (C=O) groups excluding carboxylic acids is 1. The van der Waals surface area contributed by atoms with E-state index in [1.165, 1.54) is 35.0 Å². The standard InChI is InChI=1S/C43H45ClN6O7S/c1-27-18-36-38(50(52)53)21-34(22-39(36)56-26-27)58(54,55)47-42(51)35-9-8-32(20-40(35)57-33-19-29-11-13-45-41(29)46-24-33)49-16-14-48(15-17-49)25-30-10-12-43(2,3)23-37(30)28-4-6-31(44)7-5-28/h4-9,11,13,19-22,24,27H,10,12,14-18,23,25-26H2,1-3H3,(H,45,46)(H,47,51)/t27-/m1/s1. The topological polar surface area (TPSA) is 160 Å². The van der Waals surface area contributed by atoms with Crippen LogP contribution in [-0.4, -0.2) is 73.4 Å². The second-order valence-electron chi connectivity index (χ2n) is 16.3. The highest BCUT2D eigenvalue weighted by atomic mass is 35.5. The maximum absolute atomic E-state index is 13.9. The SMILES string of the molecule is C[C@H]1COc2cc(S(=O)(=O)NC(=O)c3ccc(N4CCN(CC5=C(c6ccc(Cl)cc6)CC(C)(C)CC5)CC4)cc3Oc3cnc4[nH]ccc4c3)cc([N+](=O)[O-])c2C1. The molecule has 1 atom stereocenters. The zero-order valence-electron chi connectivity index (χ0n) is 32.6. The van der Waals surface area contributed by atoms with Crippen LogP contribution in [0.15, 0.2) is 89.6 Å². The van der Waals surface area contributed by atoms with Crippen molar-refractivity contribution in [3.8, 4) is 17.2 Å². The summed E-state index contributed by atoms with van der Waals surface area (Å²) in [4.78, 5) is 36.9. The van der Waals surface area contributed by atoms with Gasteiger partial charge in [0, 0.05) is 73.2 Å². The fourth-order valence-electron chi connectivity index (χ4n) is 8.11. The van der Waals surface area contributed by atoms with Crippen molar-refractivity contribution in [2.45, 2.75) is 51.3 Å². The van der Waals surface area contributed by atoms with Gasteiger partial charge in [0.15, 0.2) is 0 Å². The number of allylic oxidation sites excluding steroid dienone is 1. The van der Waals surface area contributed by atoms with Gasteiger partial charge in [-0.1, -0.05) is 50.1 Å². The maximum Gasteiger partial charge on any atom is 0.277 e. The van der Waals surface area contributed by atoms with Gasteiger partial charge in [0.25, 0.3) is 21.6 Å². The number of aromatic nitrogens is 2. The number of amides is 1. The summed E-state index contributed by atoms with van der Waals surface area (Å²) >= 11 is 6.23. The second-order valence-corrected chi connectivity index (χ2v) is 18.4. The summed E-state index contributed by atoms with van der Waals surface area (Å²) in [6.07, 6.45) is 6.84. The normalized spacial score (nSPS) is 18.4. The Morgan fingerprint density at radius 1 is 1.09 bits per heavy atom. The van der Waals surface area contributed by atoms with Crippen LogP contribution in [0.1, 0.15) is 61.5 Å². The Kier molecular flexibility index (Phi) is 10.7. The van der Waals surface area contributed by atoms with Gasteiger partial charge in [-0.05, 0) is 84.6 Å². The molecule has 3 aromatic carbocycles. The Labute approximate surface area is 342 Å². The lowest BCUT2D eigenvalue weighted by Gasteiger charge is -2.39. The van der Waals surface area contributed by atoms with Crippen LogP contribution in [-0.2, 0) is 16.4 Å². The van der Waals surface area contributed by atoms with E-state index in [0.29, 0.717) is 23.4 Å². The minimum atomic E-state index is -4.58. The average Bonchev–Trinajstić information content (AvgIpc) is 3.66. The third-order valence-electron chi connectivity index (χ3n) is 11.3. The first-order valence-corrected chi connectivity index (χ1v) is 21.3. The number of pyridine rings is 1. The zero-order valence-corrected chi connectivity index (χ0v) is 34.2. The molecular weight excluding hydrogens is 780 g/mol. The fourth-order valence-corrected chi connectivity index (χ4v) is 9.24. The number of H-pyrrole nitrogens is 1. The molecule has 15 heteroatoms. The van der Waals surface area contributed by atoms with Gasteiger partial charge in [0.2, 0.25) is 0 Å². The van der Waals surface area contributed by atoms with E-state index < -0.39 is 25.7 Å². The summed E-state index contributed by atoms with van der Waals surface area (Å²) < 4.78 is 41.5. The number of benzene rings is 3. The number of piperazine rings is 1. The van der Waals surface area contributed by atoms with Gasteiger partial charge in [-0.2, -0.15) is 0 Å². The average molecular weight is 825 g/mol. The number of hydrogen-bond acceptors (Lipinski definition) is 10. The molecule has 1 fully saturated rings. The minimum Gasteiger partial charge on any atom is -0.493 e. The molecule has 0 bridgehead atoms. The Hall–Kier alpha value is -5.44. The van der Waals surface area contributed by atoms with E-state index in [2.05, 4.69) is 50.5 Å². The molecule has 0 radical (unpaired) electrons. The molecule has 2 N–H and O–H groups in total. The number of carbonyl (C=O) groups is 1. The molecule has 13 nitrogen and oxygen atoms in total. The van der Waals surface area contributed by atoms with Gasteiger partial charge in [0.1, 0.15) is 22.9 Å². The van der Waals surface area contributed by atoms with Crippen molar-refractivity contribution in [3.05, 3.63) is 117 Å². The monoisotopic (exact) mass is 824 g/mol. The summed E-state index contributed by atoms with van der Waals surface area (Å²) in [6, 6.07) is 19.0. The Balaban J connectivity index is 1.04. The first kappa shape index (κ1) is 39.4. The van der Waals surface area contributed by atoms with E-state index in [0.717, 1.165) is 74.1 Å². The van der Waals surface area contributed by atoms with Crippen LogP contribution in [0.5, 0.6) is 17.2 Å². The number of fused-ring (bicyclic) bond motifs is 2. The van der Waals surface area contributed by atoms with Crippen LogP contribution in [0.4, 0.5) is 11.4 Å². The summed E-state index contributed by atoms with van der Waals surface area (Å²) in [7, 11) is -4.58. The molecule has 4 heterocycles. The summed E-state index contributed by atoms with van der Waals surface area (Å²) in [6.45, 7) is 10.8. The van der Waals surface area contributed by atoms with Crippen LogP contribution < -0.4 is 19.1 Å². The Morgan fingerprint density at radius 3 is 2.62 bits per heavy atom. The second kappa shape index (κ2) is 15.7. The number of rotatable bonds is 10. The van der Waals surface area contributed by atoms with Crippen molar-refractivity contribution >= 4 is 55.5 Å². The lowest BCUT2D eigenvalue weighted by atomic mass is 9.72. The number of hydrogen-bond donors (Lipinski definition) is 2. The van der Waals surface area contributed by atoms with E-state index in [4.69, 9.17) is 21.1 Å². The van der Waals surface area contributed by atoms with E-state index in [9.17, 15) is 23.3 Å². The van der Waals surface area contributed by atoms with Crippen molar-refractivity contribution in [1.82, 2.24) is 19.6 Å². The first-order chi connectivity index (χ1) is 27.7. The van der Waals surface area contributed by atoms with E-state index in [1.807, 2.05) is 25.1 Å². The zero-order chi connectivity index (χ0) is 40.8. The largest absolute Gasteiger partial charge is 0.493 e. The van der Waals surface area contributed by atoms with Gasteiger partial charge < -0.3 is 19.4 Å². The van der Waals surface area contributed by atoms with Gasteiger partial charge in [0.05, 0.1) is 33.7 Å².